The van der Waals surface area contributed by atoms with Crippen LogP contribution < -0.4 is 5.32 Å². The number of hydrogen-bond donors (Lipinski definition) is 1. The van der Waals surface area contributed by atoms with E-state index in [4.69, 9.17) is 11.6 Å². The Morgan fingerprint density at radius 1 is 1.09 bits per heavy atom. The quantitative estimate of drug-likeness (QED) is 0.755. The molecular formula is C13H16Cl3F5N2. The van der Waals surface area contributed by atoms with Crippen molar-refractivity contribution in [1.82, 2.24) is 10.2 Å². The maximum Gasteiger partial charge on any atom is 0.417 e. The van der Waals surface area contributed by atoms with Crippen molar-refractivity contribution in [3.8, 4) is 0 Å². The lowest BCUT2D eigenvalue weighted by Crippen LogP contribution is -2.46. The van der Waals surface area contributed by atoms with Crippen molar-refractivity contribution in [2.75, 3.05) is 26.2 Å². The summed E-state index contributed by atoms with van der Waals surface area (Å²) in [5.41, 5.74) is -1.15. The van der Waals surface area contributed by atoms with Gasteiger partial charge in [0.2, 0.25) is 0 Å². The third-order valence-corrected chi connectivity index (χ3v) is 3.75. The highest BCUT2D eigenvalue weighted by molar-refractivity contribution is 6.31. The minimum atomic E-state index is -4.66. The van der Waals surface area contributed by atoms with Crippen molar-refractivity contribution >= 4 is 36.4 Å². The number of rotatable bonds is 3. The first-order valence-electron chi connectivity index (χ1n) is 6.40. The second-order valence-corrected chi connectivity index (χ2v) is 5.21. The predicted molar refractivity (Wildman–Crippen MR) is 84.1 cm³/mol. The lowest BCUT2D eigenvalue weighted by molar-refractivity contribution is -0.137. The minimum absolute atomic E-state index is 0. The van der Waals surface area contributed by atoms with Gasteiger partial charge >= 0.3 is 6.18 Å². The summed E-state index contributed by atoms with van der Waals surface area (Å²) in [5, 5.41) is 2.53. The van der Waals surface area contributed by atoms with E-state index in [0.717, 1.165) is 12.1 Å². The van der Waals surface area contributed by atoms with Crippen molar-refractivity contribution in [1.29, 1.82) is 0 Å². The Bertz CT molecular complexity index is 493. The molecule has 1 saturated heterocycles. The van der Waals surface area contributed by atoms with Crippen molar-refractivity contribution in [3.05, 3.63) is 34.3 Å². The smallest absolute Gasteiger partial charge is 0.314 e. The van der Waals surface area contributed by atoms with Gasteiger partial charge in [-0.25, -0.2) is 8.78 Å². The fourth-order valence-corrected chi connectivity index (χ4v) is 2.64. The highest BCUT2D eigenvalue weighted by Gasteiger charge is 2.36. The molecule has 0 saturated carbocycles. The molecule has 0 aromatic heterocycles. The van der Waals surface area contributed by atoms with Gasteiger partial charge < -0.3 is 5.32 Å². The molecule has 1 N–H and O–H groups in total. The Labute approximate surface area is 148 Å². The summed E-state index contributed by atoms with van der Waals surface area (Å²) in [7, 11) is 0. The first kappa shape index (κ1) is 22.7. The second-order valence-electron chi connectivity index (χ2n) is 4.80. The van der Waals surface area contributed by atoms with Gasteiger partial charge in [-0.3, -0.25) is 4.90 Å². The molecule has 1 aromatic carbocycles. The predicted octanol–water partition coefficient (Wildman–Crippen LogP) is 4.41. The topological polar surface area (TPSA) is 15.3 Å². The third-order valence-electron chi connectivity index (χ3n) is 3.42. The maximum absolute atomic E-state index is 13.3. The van der Waals surface area contributed by atoms with Crippen LogP contribution in [0.2, 0.25) is 5.02 Å². The monoisotopic (exact) mass is 400 g/mol. The van der Waals surface area contributed by atoms with Gasteiger partial charge in [-0.1, -0.05) is 17.7 Å². The van der Waals surface area contributed by atoms with Gasteiger partial charge in [-0.15, -0.1) is 24.8 Å². The molecule has 0 spiro atoms. The molecule has 0 bridgehead atoms. The molecule has 0 amide bonds. The van der Waals surface area contributed by atoms with Crippen LogP contribution in [0.1, 0.15) is 17.2 Å². The third kappa shape index (κ3) is 5.60. The van der Waals surface area contributed by atoms with Gasteiger partial charge in [0.1, 0.15) is 0 Å². The first-order chi connectivity index (χ1) is 9.80. The molecule has 23 heavy (non-hydrogen) atoms. The summed E-state index contributed by atoms with van der Waals surface area (Å²) >= 11 is 5.52. The van der Waals surface area contributed by atoms with Gasteiger partial charge in [0.15, 0.2) is 0 Å². The largest absolute Gasteiger partial charge is 0.417 e. The van der Waals surface area contributed by atoms with E-state index in [0.29, 0.717) is 26.2 Å². The summed E-state index contributed by atoms with van der Waals surface area (Å²) in [5.74, 6) is 0. The van der Waals surface area contributed by atoms with E-state index in [-0.39, 0.29) is 30.4 Å². The van der Waals surface area contributed by atoms with E-state index in [1.54, 1.807) is 0 Å². The van der Waals surface area contributed by atoms with Crippen LogP contribution in [0.3, 0.4) is 0 Å². The van der Waals surface area contributed by atoms with Crippen molar-refractivity contribution in [2.45, 2.75) is 18.6 Å². The summed E-state index contributed by atoms with van der Waals surface area (Å²) in [6.07, 6.45) is -7.44. The van der Waals surface area contributed by atoms with Gasteiger partial charge in [0, 0.05) is 26.2 Å². The zero-order valence-electron chi connectivity index (χ0n) is 11.7. The highest BCUT2D eigenvalue weighted by atomic mass is 35.5. The molecule has 1 aliphatic heterocycles. The molecule has 0 aliphatic carbocycles. The minimum Gasteiger partial charge on any atom is -0.314 e. The molecule has 1 heterocycles. The van der Waals surface area contributed by atoms with Gasteiger partial charge in [-0.2, -0.15) is 13.2 Å². The number of halogens is 8. The highest BCUT2D eigenvalue weighted by Crippen LogP contribution is 2.38. The molecule has 1 aliphatic rings. The van der Waals surface area contributed by atoms with Gasteiger partial charge in [-0.05, 0) is 17.7 Å². The summed E-state index contributed by atoms with van der Waals surface area (Å²) in [6, 6.07) is 1.63. The molecular weight excluding hydrogens is 386 g/mol. The van der Waals surface area contributed by atoms with Crippen LogP contribution in [0.4, 0.5) is 22.0 Å². The van der Waals surface area contributed by atoms with E-state index in [1.165, 1.54) is 11.0 Å². The molecule has 2 nitrogen and oxygen atoms in total. The first-order valence-corrected chi connectivity index (χ1v) is 6.78. The Morgan fingerprint density at radius 2 is 1.65 bits per heavy atom. The van der Waals surface area contributed by atoms with Crippen molar-refractivity contribution < 1.29 is 22.0 Å². The Kier molecular flexibility index (Phi) is 9.09. The van der Waals surface area contributed by atoms with Gasteiger partial charge in [0.25, 0.3) is 6.43 Å². The standard InChI is InChI=1S/C13H14ClF5N2.2ClH/c14-10-2-1-8(7-9(10)13(17,18)19)11(12(15)16)21-5-3-20-4-6-21;;/h1-2,7,11-12,20H,3-6H2;2*1H/t11-;;/m0../s1. The van der Waals surface area contributed by atoms with Crippen LogP contribution in [0.25, 0.3) is 0 Å². The van der Waals surface area contributed by atoms with E-state index in [2.05, 4.69) is 5.32 Å². The van der Waals surface area contributed by atoms with Crippen LogP contribution in [0.5, 0.6) is 0 Å². The molecule has 0 unspecified atom stereocenters. The summed E-state index contributed by atoms with van der Waals surface area (Å²) < 4.78 is 65.2. The summed E-state index contributed by atoms with van der Waals surface area (Å²) in [4.78, 5) is 1.49. The molecule has 1 atom stereocenters. The van der Waals surface area contributed by atoms with Crippen molar-refractivity contribution in [2.24, 2.45) is 0 Å². The lowest BCUT2D eigenvalue weighted by atomic mass is 10.0. The fourth-order valence-electron chi connectivity index (χ4n) is 2.42. The van der Waals surface area contributed by atoms with Crippen LogP contribution in [-0.2, 0) is 6.18 Å². The molecule has 134 valence electrons. The molecule has 0 radical (unpaired) electrons. The number of hydrogen-bond acceptors (Lipinski definition) is 2. The number of piperazine rings is 1. The van der Waals surface area contributed by atoms with E-state index in [9.17, 15) is 22.0 Å². The van der Waals surface area contributed by atoms with E-state index >= 15 is 0 Å². The molecule has 1 aromatic rings. The SMILES string of the molecule is Cl.Cl.FC(F)[C@H](c1ccc(Cl)c(C(F)(F)F)c1)N1CCNCC1. The number of nitrogens with zero attached hydrogens (tertiary/aromatic N) is 1. The molecule has 2 rings (SSSR count). The van der Waals surface area contributed by atoms with Crippen LogP contribution in [0, 0.1) is 0 Å². The van der Waals surface area contributed by atoms with E-state index < -0.39 is 29.2 Å². The average molecular weight is 402 g/mol. The maximum atomic E-state index is 13.3. The number of benzene rings is 1. The van der Waals surface area contributed by atoms with Crippen LogP contribution >= 0.6 is 36.4 Å². The second kappa shape index (κ2) is 9.22. The average Bonchev–Trinajstić information content (AvgIpc) is 2.40. The zero-order valence-corrected chi connectivity index (χ0v) is 14.1. The van der Waals surface area contributed by atoms with Gasteiger partial charge in [0.05, 0.1) is 16.6 Å². The Hall–Kier alpha value is -0.340. The number of nitrogens with one attached hydrogen (secondary N) is 1. The lowest BCUT2D eigenvalue weighted by Gasteiger charge is -2.35. The zero-order chi connectivity index (χ0) is 15.6. The normalized spacial score (nSPS) is 17.3. The van der Waals surface area contributed by atoms with E-state index in [1.807, 2.05) is 0 Å². The Morgan fingerprint density at radius 3 is 2.13 bits per heavy atom. The number of alkyl halides is 5. The van der Waals surface area contributed by atoms with Crippen LogP contribution in [0.15, 0.2) is 18.2 Å². The van der Waals surface area contributed by atoms with Crippen LogP contribution in [-0.4, -0.2) is 37.5 Å². The Balaban J connectivity index is 0.00000242. The molecule has 1 fully saturated rings. The van der Waals surface area contributed by atoms with Crippen molar-refractivity contribution in [3.63, 3.8) is 0 Å². The summed E-state index contributed by atoms with van der Waals surface area (Å²) in [6.45, 7) is 1.78. The fraction of sp³-hybridized carbons (Fsp3) is 0.538. The molecule has 10 heteroatoms.